The lowest BCUT2D eigenvalue weighted by Crippen LogP contribution is -2.36. The lowest BCUT2D eigenvalue weighted by molar-refractivity contribution is -0.143. The highest BCUT2D eigenvalue weighted by Crippen LogP contribution is 2.44. The molecule has 10 heteroatoms. The number of carbonyl (C=O) groups is 4. The maximum atomic E-state index is 13.5. The van der Waals surface area contributed by atoms with Crippen molar-refractivity contribution >= 4 is 58.1 Å². The van der Waals surface area contributed by atoms with Crippen LogP contribution in [-0.4, -0.2) is 60.1 Å². The fourth-order valence-corrected chi connectivity index (χ4v) is 7.23. The second-order valence-corrected chi connectivity index (χ2v) is 11.1. The van der Waals surface area contributed by atoms with Gasteiger partial charge in [0.1, 0.15) is 6.61 Å². The summed E-state index contributed by atoms with van der Waals surface area (Å²) in [4.78, 5) is 51.8. The molecule has 2 fully saturated rings. The quantitative estimate of drug-likeness (QED) is 0.208. The van der Waals surface area contributed by atoms with Gasteiger partial charge in [0.15, 0.2) is 0 Å². The minimum absolute atomic E-state index is 0.0736. The highest BCUT2D eigenvalue weighted by molar-refractivity contribution is 8.00. The van der Waals surface area contributed by atoms with Crippen LogP contribution < -0.4 is 20.9 Å². The second kappa shape index (κ2) is 10.2. The van der Waals surface area contributed by atoms with Gasteiger partial charge in [-0.05, 0) is 25.0 Å². The third-order valence-corrected chi connectivity index (χ3v) is 8.99. The van der Waals surface area contributed by atoms with Crippen molar-refractivity contribution in [3.05, 3.63) is 59.7 Å². The molecule has 2 saturated heterocycles. The highest BCUT2D eigenvalue weighted by atomic mass is 32.2. The maximum absolute atomic E-state index is 13.5. The predicted molar refractivity (Wildman–Crippen MR) is 146 cm³/mol. The fraction of sp³-hybridized carbons (Fsp3) is 0.357. The van der Waals surface area contributed by atoms with Crippen LogP contribution in [0.2, 0.25) is 0 Å². The molecular weight excluding hydrogens is 504 g/mol. The van der Waals surface area contributed by atoms with Gasteiger partial charge >= 0.3 is 12.0 Å². The Bertz CT molecular complexity index is 1360. The van der Waals surface area contributed by atoms with E-state index in [0.717, 1.165) is 18.6 Å². The van der Waals surface area contributed by atoms with E-state index < -0.39 is 0 Å². The summed E-state index contributed by atoms with van der Waals surface area (Å²) in [5, 5.41) is 9.14. The smallest absolute Gasteiger partial charge is 0.315 e. The van der Waals surface area contributed by atoms with Crippen LogP contribution in [0.15, 0.2) is 48.5 Å². The van der Waals surface area contributed by atoms with Gasteiger partial charge in [0.25, 0.3) is 11.8 Å². The SMILES string of the molecule is O=C1N[C@H]2[C@H](CS[C@H]2CCCCC(=O)OCCN2C(=O)/C(=C3/C(=O)Nc4ccccc43)c3ccccc32)N1. The molecule has 4 aliphatic heterocycles. The summed E-state index contributed by atoms with van der Waals surface area (Å²) in [5.41, 5.74) is 3.54. The zero-order valence-electron chi connectivity index (χ0n) is 20.7. The van der Waals surface area contributed by atoms with E-state index in [1.807, 2.05) is 60.3 Å². The maximum Gasteiger partial charge on any atom is 0.315 e. The number of amides is 4. The number of carbonyl (C=O) groups excluding carboxylic acids is 4. The van der Waals surface area contributed by atoms with Gasteiger partial charge in [-0.1, -0.05) is 42.8 Å². The standard InChI is InChI=1S/C28H28N4O5S/c33-22(12-6-5-11-21-25-19(15-38-21)30-28(36)31-25)37-14-13-32-20-10-4-2-8-17(20)24(27(32)35)23-16-7-1-3-9-18(16)29-26(23)34/h1-4,7-10,19,21,25H,5-6,11-15H2,(H,29,34)(H2,30,31,36)/b24-23+/t19-,21-,25-/m0/s1. The Balaban J connectivity index is 1.04. The van der Waals surface area contributed by atoms with Crippen molar-refractivity contribution in [1.82, 2.24) is 10.6 Å². The van der Waals surface area contributed by atoms with Crippen molar-refractivity contribution in [2.24, 2.45) is 0 Å². The van der Waals surface area contributed by atoms with Gasteiger partial charge in [-0.2, -0.15) is 11.8 Å². The molecule has 6 rings (SSSR count). The van der Waals surface area contributed by atoms with Crippen LogP contribution in [-0.2, 0) is 19.1 Å². The Kier molecular flexibility index (Phi) is 6.57. The molecule has 0 bridgehead atoms. The summed E-state index contributed by atoms with van der Waals surface area (Å²) in [7, 11) is 0. The highest BCUT2D eigenvalue weighted by Gasteiger charge is 2.42. The van der Waals surface area contributed by atoms with Gasteiger partial charge in [0, 0.05) is 34.2 Å². The Morgan fingerprint density at radius 3 is 2.63 bits per heavy atom. The first kappa shape index (κ1) is 24.5. The van der Waals surface area contributed by atoms with E-state index >= 15 is 0 Å². The Hall–Kier alpha value is -3.79. The molecule has 0 unspecified atom stereocenters. The van der Waals surface area contributed by atoms with Crippen molar-refractivity contribution in [3.8, 4) is 0 Å². The average Bonchev–Trinajstić information content (AvgIpc) is 3.62. The average molecular weight is 533 g/mol. The number of unbranched alkanes of at least 4 members (excludes halogenated alkanes) is 1. The Labute approximate surface area is 224 Å². The number of hydrogen-bond donors (Lipinski definition) is 3. The van der Waals surface area contributed by atoms with Crippen molar-refractivity contribution in [1.29, 1.82) is 0 Å². The largest absolute Gasteiger partial charge is 0.464 e. The molecule has 38 heavy (non-hydrogen) atoms. The van der Waals surface area contributed by atoms with Gasteiger partial charge in [-0.3, -0.25) is 14.4 Å². The molecule has 4 heterocycles. The van der Waals surface area contributed by atoms with Gasteiger partial charge in [0.05, 0.1) is 35.5 Å². The minimum atomic E-state index is -0.296. The van der Waals surface area contributed by atoms with Crippen LogP contribution in [0, 0.1) is 0 Å². The number of hydrogen-bond acceptors (Lipinski definition) is 6. The molecule has 196 valence electrons. The van der Waals surface area contributed by atoms with Crippen molar-refractivity contribution in [2.75, 3.05) is 29.1 Å². The topological polar surface area (TPSA) is 117 Å². The first-order valence-corrected chi connectivity index (χ1v) is 14.0. The lowest BCUT2D eigenvalue weighted by atomic mass is 9.96. The molecule has 0 saturated carbocycles. The van der Waals surface area contributed by atoms with Crippen LogP contribution in [0.3, 0.4) is 0 Å². The molecule has 2 aromatic rings. The molecule has 0 aromatic heterocycles. The number of para-hydroxylation sites is 2. The number of anilines is 2. The van der Waals surface area contributed by atoms with Crippen LogP contribution in [0.5, 0.6) is 0 Å². The van der Waals surface area contributed by atoms with E-state index in [9.17, 15) is 19.2 Å². The number of urea groups is 1. The van der Waals surface area contributed by atoms with Gasteiger partial charge in [0.2, 0.25) is 0 Å². The zero-order chi connectivity index (χ0) is 26.2. The van der Waals surface area contributed by atoms with Gasteiger partial charge in [-0.15, -0.1) is 0 Å². The van der Waals surface area contributed by atoms with Crippen molar-refractivity contribution < 1.29 is 23.9 Å². The van der Waals surface area contributed by atoms with Crippen LogP contribution in [0.25, 0.3) is 11.1 Å². The van der Waals surface area contributed by atoms with Gasteiger partial charge < -0.3 is 25.6 Å². The summed E-state index contributed by atoms with van der Waals surface area (Å²) in [6.07, 6.45) is 2.84. The summed E-state index contributed by atoms with van der Waals surface area (Å²) in [5.74, 6) is 0.0606. The molecule has 3 N–H and O–H groups in total. The minimum Gasteiger partial charge on any atom is -0.464 e. The molecule has 4 aliphatic rings. The number of rotatable bonds is 8. The molecular formula is C28H28N4O5S. The summed E-state index contributed by atoms with van der Waals surface area (Å²) in [6, 6.07) is 15.0. The molecule has 9 nitrogen and oxygen atoms in total. The van der Waals surface area contributed by atoms with E-state index in [4.69, 9.17) is 4.74 Å². The zero-order valence-corrected chi connectivity index (χ0v) is 21.5. The molecule has 0 aliphatic carbocycles. The molecule has 0 radical (unpaired) electrons. The number of nitrogens with zero attached hydrogens (tertiary/aromatic N) is 1. The van der Waals surface area contributed by atoms with Crippen LogP contribution in [0.1, 0.15) is 36.8 Å². The first-order chi connectivity index (χ1) is 18.5. The number of thioether (sulfide) groups is 1. The number of nitrogens with one attached hydrogen (secondary N) is 3. The molecule has 0 spiro atoms. The third kappa shape index (κ3) is 4.42. The summed E-state index contributed by atoms with van der Waals surface area (Å²) < 4.78 is 5.46. The Morgan fingerprint density at radius 1 is 0.974 bits per heavy atom. The van der Waals surface area contributed by atoms with E-state index in [1.165, 1.54) is 0 Å². The number of ether oxygens (including phenoxy) is 1. The fourth-order valence-electron chi connectivity index (χ4n) is 5.69. The monoisotopic (exact) mass is 532 g/mol. The number of benzene rings is 2. The van der Waals surface area contributed by atoms with Crippen molar-refractivity contribution in [2.45, 2.75) is 43.0 Å². The second-order valence-electron chi connectivity index (χ2n) is 9.81. The van der Waals surface area contributed by atoms with E-state index in [1.54, 1.807) is 4.90 Å². The van der Waals surface area contributed by atoms with Crippen LogP contribution in [0.4, 0.5) is 16.2 Å². The molecule has 3 atom stereocenters. The normalized spacial score (nSPS) is 25.0. The Morgan fingerprint density at radius 2 is 1.76 bits per heavy atom. The molecule has 4 amide bonds. The molecule has 2 aromatic carbocycles. The number of esters is 1. The van der Waals surface area contributed by atoms with Crippen LogP contribution >= 0.6 is 11.8 Å². The first-order valence-electron chi connectivity index (χ1n) is 12.9. The van der Waals surface area contributed by atoms with E-state index in [0.29, 0.717) is 51.7 Å². The van der Waals surface area contributed by atoms with E-state index in [-0.39, 0.29) is 49.1 Å². The van der Waals surface area contributed by atoms with E-state index in [2.05, 4.69) is 16.0 Å². The van der Waals surface area contributed by atoms with Crippen molar-refractivity contribution in [3.63, 3.8) is 0 Å². The third-order valence-electron chi connectivity index (χ3n) is 7.48. The predicted octanol–water partition coefficient (Wildman–Crippen LogP) is 3.17. The lowest BCUT2D eigenvalue weighted by Gasteiger charge is -2.17. The van der Waals surface area contributed by atoms with Gasteiger partial charge in [-0.25, -0.2) is 4.79 Å². The summed E-state index contributed by atoms with van der Waals surface area (Å²) >= 11 is 1.86. The number of fused-ring (bicyclic) bond motifs is 3. The summed E-state index contributed by atoms with van der Waals surface area (Å²) in [6.45, 7) is 0.278.